The molecule has 2 saturated heterocycles. The van der Waals surface area contributed by atoms with Gasteiger partial charge in [-0.15, -0.1) is 0 Å². The standard InChI is InChI=1S/C17H27N3O/c1-2-11-20(12-3-1)13-14-21-17(6-9-18-10-7-17)16-5-4-8-19-15-16/h4-5,8,15,18H,1-3,6-7,9-14H2. The molecule has 2 aliphatic rings. The molecule has 0 saturated carbocycles. The molecule has 0 radical (unpaired) electrons. The van der Waals surface area contributed by atoms with Gasteiger partial charge in [0, 0.05) is 24.5 Å². The van der Waals surface area contributed by atoms with Crippen molar-refractivity contribution in [2.75, 3.05) is 39.3 Å². The van der Waals surface area contributed by atoms with E-state index in [1.54, 1.807) is 0 Å². The minimum Gasteiger partial charge on any atom is -0.369 e. The van der Waals surface area contributed by atoms with Crippen molar-refractivity contribution in [3.63, 3.8) is 0 Å². The average Bonchev–Trinajstić information content (AvgIpc) is 2.58. The van der Waals surface area contributed by atoms with Crippen molar-refractivity contribution in [2.24, 2.45) is 0 Å². The molecule has 3 rings (SSSR count). The number of pyridine rings is 1. The summed E-state index contributed by atoms with van der Waals surface area (Å²) < 4.78 is 6.44. The monoisotopic (exact) mass is 289 g/mol. The number of rotatable bonds is 5. The predicted octanol–water partition coefficient (Wildman–Crippen LogP) is 2.16. The fourth-order valence-electron chi connectivity index (χ4n) is 3.53. The van der Waals surface area contributed by atoms with Crippen LogP contribution in [-0.2, 0) is 10.3 Å². The van der Waals surface area contributed by atoms with Gasteiger partial charge in [-0.2, -0.15) is 0 Å². The Bertz CT molecular complexity index is 411. The topological polar surface area (TPSA) is 37.4 Å². The maximum absolute atomic E-state index is 6.44. The van der Waals surface area contributed by atoms with E-state index in [4.69, 9.17) is 4.74 Å². The lowest BCUT2D eigenvalue weighted by Crippen LogP contribution is -2.43. The van der Waals surface area contributed by atoms with E-state index in [1.165, 1.54) is 37.9 Å². The fraction of sp³-hybridized carbons (Fsp3) is 0.706. The Hall–Kier alpha value is -0.970. The lowest BCUT2D eigenvalue weighted by atomic mass is 9.85. The van der Waals surface area contributed by atoms with Crippen molar-refractivity contribution in [1.82, 2.24) is 15.2 Å². The van der Waals surface area contributed by atoms with Crippen molar-refractivity contribution in [3.05, 3.63) is 30.1 Å². The number of hydrogen-bond acceptors (Lipinski definition) is 4. The lowest BCUT2D eigenvalue weighted by Gasteiger charge is -2.38. The number of ether oxygens (including phenoxy) is 1. The van der Waals surface area contributed by atoms with Gasteiger partial charge in [0.15, 0.2) is 0 Å². The first kappa shape index (κ1) is 14.9. The second kappa shape index (κ2) is 7.34. The Morgan fingerprint density at radius 3 is 2.71 bits per heavy atom. The highest BCUT2D eigenvalue weighted by atomic mass is 16.5. The summed E-state index contributed by atoms with van der Waals surface area (Å²) in [6.45, 7) is 6.43. The molecule has 2 fully saturated rings. The summed E-state index contributed by atoms with van der Waals surface area (Å²) >= 11 is 0. The summed E-state index contributed by atoms with van der Waals surface area (Å²) in [5.74, 6) is 0. The molecular weight excluding hydrogens is 262 g/mol. The van der Waals surface area contributed by atoms with Crippen LogP contribution in [-0.4, -0.2) is 49.2 Å². The first-order valence-corrected chi connectivity index (χ1v) is 8.37. The highest BCUT2D eigenvalue weighted by Crippen LogP contribution is 2.34. The van der Waals surface area contributed by atoms with Gasteiger partial charge >= 0.3 is 0 Å². The van der Waals surface area contributed by atoms with E-state index in [1.807, 2.05) is 18.5 Å². The van der Waals surface area contributed by atoms with Gasteiger partial charge in [0.2, 0.25) is 0 Å². The van der Waals surface area contributed by atoms with Crippen molar-refractivity contribution >= 4 is 0 Å². The third kappa shape index (κ3) is 3.82. The third-order valence-corrected chi connectivity index (χ3v) is 4.83. The molecule has 0 amide bonds. The predicted molar refractivity (Wildman–Crippen MR) is 84.3 cm³/mol. The summed E-state index contributed by atoms with van der Waals surface area (Å²) in [6, 6.07) is 4.19. The van der Waals surface area contributed by atoms with Gasteiger partial charge in [-0.25, -0.2) is 0 Å². The van der Waals surface area contributed by atoms with Gasteiger partial charge in [0.1, 0.15) is 0 Å². The molecule has 1 N–H and O–H groups in total. The molecule has 21 heavy (non-hydrogen) atoms. The van der Waals surface area contributed by atoms with Crippen LogP contribution in [0.5, 0.6) is 0 Å². The lowest BCUT2D eigenvalue weighted by molar-refractivity contribution is -0.0780. The van der Waals surface area contributed by atoms with E-state index in [9.17, 15) is 0 Å². The summed E-state index contributed by atoms with van der Waals surface area (Å²) in [7, 11) is 0. The molecular formula is C17H27N3O. The summed E-state index contributed by atoms with van der Waals surface area (Å²) in [4.78, 5) is 6.84. The minimum absolute atomic E-state index is 0.130. The molecule has 116 valence electrons. The minimum atomic E-state index is -0.130. The highest BCUT2D eigenvalue weighted by Gasteiger charge is 2.35. The molecule has 0 aromatic carbocycles. The van der Waals surface area contributed by atoms with Crippen LogP contribution < -0.4 is 5.32 Å². The number of likely N-dealkylation sites (tertiary alicyclic amines) is 1. The average molecular weight is 289 g/mol. The van der Waals surface area contributed by atoms with Crippen molar-refractivity contribution in [2.45, 2.75) is 37.7 Å². The quantitative estimate of drug-likeness (QED) is 0.901. The van der Waals surface area contributed by atoms with Crippen molar-refractivity contribution < 1.29 is 4.74 Å². The smallest absolute Gasteiger partial charge is 0.0970 e. The third-order valence-electron chi connectivity index (χ3n) is 4.83. The SMILES string of the molecule is c1cncc(C2(OCCN3CCCCC3)CCNCC2)c1. The zero-order valence-electron chi connectivity index (χ0n) is 12.9. The largest absolute Gasteiger partial charge is 0.369 e. The normalized spacial score (nSPS) is 23.0. The Balaban J connectivity index is 1.60. The molecule has 0 bridgehead atoms. The summed E-state index contributed by atoms with van der Waals surface area (Å²) in [6.07, 6.45) is 9.98. The number of aromatic nitrogens is 1. The van der Waals surface area contributed by atoms with Crippen LogP contribution in [0, 0.1) is 0 Å². The Morgan fingerprint density at radius 1 is 1.19 bits per heavy atom. The van der Waals surface area contributed by atoms with E-state index >= 15 is 0 Å². The molecule has 1 aromatic rings. The number of piperidine rings is 2. The van der Waals surface area contributed by atoms with Gasteiger partial charge in [-0.1, -0.05) is 12.5 Å². The highest BCUT2D eigenvalue weighted by molar-refractivity contribution is 5.19. The molecule has 4 nitrogen and oxygen atoms in total. The number of hydrogen-bond donors (Lipinski definition) is 1. The summed E-state index contributed by atoms with van der Waals surface area (Å²) in [5.41, 5.74) is 1.11. The zero-order valence-corrected chi connectivity index (χ0v) is 12.9. The molecule has 1 aromatic heterocycles. The van der Waals surface area contributed by atoms with Crippen LogP contribution in [0.2, 0.25) is 0 Å². The second-order valence-corrected chi connectivity index (χ2v) is 6.24. The van der Waals surface area contributed by atoms with Crippen LogP contribution >= 0.6 is 0 Å². The van der Waals surface area contributed by atoms with Crippen LogP contribution in [0.3, 0.4) is 0 Å². The van der Waals surface area contributed by atoms with Crippen molar-refractivity contribution in [3.8, 4) is 0 Å². The Labute approximate surface area is 127 Å². The van der Waals surface area contributed by atoms with Crippen LogP contribution in [0.1, 0.15) is 37.7 Å². The van der Waals surface area contributed by atoms with E-state index in [2.05, 4.69) is 21.3 Å². The molecule has 0 atom stereocenters. The molecule has 4 heteroatoms. The number of nitrogens with zero attached hydrogens (tertiary/aromatic N) is 2. The van der Waals surface area contributed by atoms with E-state index in [0.717, 1.165) is 39.1 Å². The summed E-state index contributed by atoms with van der Waals surface area (Å²) in [5, 5.41) is 3.44. The molecule has 0 aliphatic carbocycles. The maximum atomic E-state index is 6.44. The molecule has 0 unspecified atom stereocenters. The van der Waals surface area contributed by atoms with Gasteiger partial charge in [-0.3, -0.25) is 4.98 Å². The van der Waals surface area contributed by atoms with Gasteiger partial charge in [0.05, 0.1) is 12.2 Å². The number of nitrogens with one attached hydrogen (secondary N) is 1. The first-order valence-electron chi connectivity index (χ1n) is 8.37. The van der Waals surface area contributed by atoms with Crippen LogP contribution in [0.4, 0.5) is 0 Å². The first-order chi connectivity index (χ1) is 10.4. The van der Waals surface area contributed by atoms with Crippen molar-refractivity contribution in [1.29, 1.82) is 0 Å². The second-order valence-electron chi connectivity index (χ2n) is 6.24. The van der Waals surface area contributed by atoms with Gasteiger partial charge in [-0.05, 0) is 57.9 Å². The van der Waals surface area contributed by atoms with Gasteiger partial charge < -0.3 is 15.0 Å². The van der Waals surface area contributed by atoms with E-state index < -0.39 is 0 Å². The zero-order chi connectivity index (χ0) is 14.4. The maximum Gasteiger partial charge on any atom is 0.0970 e. The van der Waals surface area contributed by atoms with Crippen LogP contribution in [0.15, 0.2) is 24.5 Å². The Kier molecular flexibility index (Phi) is 5.22. The molecule has 3 heterocycles. The van der Waals surface area contributed by atoms with E-state index in [-0.39, 0.29) is 5.60 Å². The van der Waals surface area contributed by atoms with Crippen LogP contribution in [0.25, 0.3) is 0 Å². The fourth-order valence-corrected chi connectivity index (χ4v) is 3.53. The van der Waals surface area contributed by atoms with Gasteiger partial charge in [0.25, 0.3) is 0 Å². The molecule has 0 spiro atoms. The molecule has 2 aliphatic heterocycles. The van der Waals surface area contributed by atoms with E-state index in [0.29, 0.717) is 0 Å². The Morgan fingerprint density at radius 2 is 2.00 bits per heavy atom.